The molecule has 0 bridgehead atoms. The number of nitrogens with zero attached hydrogens (tertiary/aromatic N) is 3. The third-order valence-corrected chi connectivity index (χ3v) is 4.43. The molecule has 9 nitrogen and oxygen atoms in total. The van der Waals surface area contributed by atoms with E-state index in [1.165, 1.54) is 29.8 Å². The molecule has 0 saturated carbocycles. The Labute approximate surface area is 186 Å². The van der Waals surface area contributed by atoms with Crippen LogP contribution in [0, 0.1) is 6.92 Å². The lowest BCUT2D eigenvalue weighted by molar-refractivity contribution is -0.274. The summed E-state index contributed by atoms with van der Waals surface area (Å²) in [5, 5.41) is 13.0. The molecule has 0 aliphatic carbocycles. The highest BCUT2D eigenvalue weighted by atomic mass is 19.4. The minimum absolute atomic E-state index is 0.0386. The molecule has 2 aromatic heterocycles. The van der Waals surface area contributed by atoms with E-state index in [2.05, 4.69) is 15.0 Å². The van der Waals surface area contributed by atoms with Crippen LogP contribution in [0.25, 0.3) is 5.69 Å². The number of aromatic nitrogens is 3. The average molecular weight is 466 g/mol. The van der Waals surface area contributed by atoms with Gasteiger partial charge in [0.25, 0.3) is 0 Å². The van der Waals surface area contributed by atoms with E-state index in [0.717, 1.165) is 16.7 Å². The Kier molecular flexibility index (Phi) is 6.65. The lowest BCUT2D eigenvalue weighted by Crippen LogP contribution is -2.24. The van der Waals surface area contributed by atoms with Crippen molar-refractivity contribution >= 4 is 11.9 Å². The van der Waals surface area contributed by atoms with Gasteiger partial charge in [-0.2, -0.15) is 0 Å². The Morgan fingerprint density at radius 3 is 2.48 bits per heavy atom. The number of aromatic hydroxyl groups is 1. The quantitative estimate of drug-likeness (QED) is 0.570. The van der Waals surface area contributed by atoms with Crippen LogP contribution in [0.3, 0.4) is 0 Å². The normalized spacial score (nSPS) is 11.5. The van der Waals surface area contributed by atoms with Crippen LogP contribution in [-0.4, -0.2) is 37.8 Å². The molecule has 0 atom stereocenters. The highest BCUT2D eigenvalue weighted by molar-refractivity contribution is 5.83. The molecule has 0 spiro atoms. The summed E-state index contributed by atoms with van der Waals surface area (Å²) in [5.41, 5.74) is 0.379. The van der Waals surface area contributed by atoms with Gasteiger partial charge in [-0.3, -0.25) is 9.88 Å². The average Bonchev–Trinajstić information content (AvgIpc) is 2.90. The number of pyridine rings is 1. The van der Waals surface area contributed by atoms with Gasteiger partial charge in [-0.15, -0.1) is 13.2 Å². The van der Waals surface area contributed by atoms with E-state index < -0.39 is 23.9 Å². The van der Waals surface area contributed by atoms with Crippen LogP contribution < -0.4 is 15.7 Å². The molecule has 3 rings (SSSR count). The van der Waals surface area contributed by atoms with E-state index in [-0.39, 0.29) is 35.7 Å². The fourth-order valence-corrected chi connectivity index (χ4v) is 3.02. The van der Waals surface area contributed by atoms with Crippen molar-refractivity contribution in [3.05, 3.63) is 64.3 Å². The van der Waals surface area contributed by atoms with Crippen molar-refractivity contribution in [1.82, 2.24) is 14.1 Å². The van der Waals surface area contributed by atoms with Crippen LogP contribution in [0.15, 0.2) is 47.4 Å². The third kappa shape index (κ3) is 5.84. The van der Waals surface area contributed by atoms with Crippen LogP contribution in [-0.2, 0) is 11.3 Å². The molecule has 0 fully saturated rings. The lowest BCUT2D eigenvalue weighted by Gasteiger charge is -2.10. The maximum atomic E-state index is 13.0. The van der Waals surface area contributed by atoms with Crippen molar-refractivity contribution in [2.45, 2.75) is 39.8 Å². The number of hydrogen-bond acceptors (Lipinski definition) is 6. The van der Waals surface area contributed by atoms with Gasteiger partial charge in [0.1, 0.15) is 11.6 Å². The molecule has 0 unspecified atom stereocenters. The molecule has 0 aliphatic heterocycles. The molecule has 0 saturated heterocycles. The van der Waals surface area contributed by atoms with Crippen molar-refractivity contribution in [3.8, 4) is 17.3 Å². The van der Waals surface area contributed by atoms with E-state index in [4.69, 9.17) is 4.74 Å². The number of benzene rings is 1. The van der Waals surface area contributed by atoms with Gasteiger partial charge < -0.3 is 14.6 Å². The van der Waals surface area contributed by atoms with Crippen molar-refractivity contribution in [2.24, 2.45) is 0 Å². The highest BCUT2D eigenvalue weighted by Gasteiger charge is 2.31. The van der Waals surface area contributed by atoms with Crippen molar-refractivity contribution in [2.75, 3.05) is 5.32 Å². The smallest absolute Gasteiger partial charge is 0.493 e. The Balaban J connectivity index is 1.85. The number of hydrogen-bond donors (Lipinski definition) is 2. The first-order valence-electron chi connectivity index (χ1n) is 9.74. The largest absolute Gasteiger partial charge is 0.573 e. The number of halogens is 3. The number of rotatable bonds is 6. The van der Waals surface area contributed by atoms with Crippen molar-refractivity contribution in [1.29, 1.82) is 0 Å². The first-order valence-corrected chi connectivity index (χ1v) is 9.74. The Bertz CT molecular complexity index is 1200. The molecule has 12 heteroatoms. The van der Waals surface area contributed by atoms with Crippen LogP contribution in [0.5, 0.6) is 11.6 Å². The number of amides is 1. The second-order valence-corrected chi connectivity index (χ2v) is 7.28. The molecule has 1 amide bonds. The maximum Gasteiger partial charge on any atom is 0.573 e. The van der Waals surface area contributed by atoms with E-state index in [1.807, 2.05) is 0 Å². The third-order valence-electron chi connectivity index (χ3n) is 4.43. The number of carbonyl (C=O) groups is 1. The van der Waals surface area contributed by atoms with Crippen LogP contribution in [0.2, 0.25) is 0 Å². The van der Waals surface area contributed by atoms with Crippen molar-refractivity contribution in [3.63, 3.8) is 0 Å². The summed E-state index contributed by atoms with van der Waals surface area (Å²) >= 11 is 0. The molecule has 2 N–H and O–H groups in total. The topological polar surface area (TPSA) is 108 Å². The van der Waals surface area contributed by atoms with E-state index in [9.17, 15) is 27.9 Å². The van der Waals surface area contributed by atoms with Crippen LogP contribution >= 0.6 is 0 Å². The van der Waals surface area contributed by atoms with E-state index in [1.54, 1.807) is 26.0 Å². The second kappa shape index (κ2) is 9.27. The first kappa shape index (κ1) is 23.7. The predicted octanol–water partition coefficient (Wildman–Crippen LogP) is 3.95. The van der Waals surface area contributed by atoms with E-state index in [0.29, 0.717) is 5.56 Å². The van der Waals surface area contributed by atoms with Gasteiger partial charge in [0.05, 0.1) is 24.0 Å². The minimum Gasteiger partial charge on any atom is -0.493 e. The SMILES string of the molecule is Cc1c(O)n(-c2ccc(OC(F)(F)F)cc2)c(=O)n1Cc1ccnc(NC(=O)OC(C)C)c1. The summed E-state index contributed by atoms with van der Waals surface area (Å²) < 4.78 is 48.1. The molecule has 33 heavy (non-hydrogen) atoms. The number of nitrogens with one attached hydrogen (secondary N) is 1. The number of ether oxygens (including phenoxy) is 2. The van der Waals surface area contributed by atoms with Crippen LogP contribution in [0.4, 0.5) is 23.8 Å². The van der Waals surface area contributed by atoms with Gasteiger partial charge >= 0.3 is 18.1 Å². The lowest BCUT2D eigenvalue weighted by atomic mass is 10.2. The molecule has 0 aliphatic rings. The number of carbonyl (C=O) groups excluding carboxylic acids is 1. The molecule has 176 valence electrons. The molecule has 3 aromatic rings. The summed E-state index contributed by atoms with van der Waals surface area (Å²) in [6, 6.07) is 7.70. The van der Waals surface area contributed by atoms with E-state index >= 15 is 0 Å². The second-order valence-electron chi connectivity index (χ2n) is 7.28. The monoisotopic (exact) mass is 466 g/mol. The maximum absolute atomic E-state index is 13.0. The van der Waals surface area contributed by atoms with Gasteiger partial charge in [-0.1, -0.05) is 0 Å². The first-order chi connectivity index (χ1) is 15.4. The molecule has 0 radical (unpaired) electrons. The number of anilines is 1. The minimum atomic E-state index is -4.84. The molecule has 2 heterocycles. The summed E-state index contributed by atoms with van der Waals surface area (Å²) in [6.45, 7) is 4.96. The van der Waals surface area contributed by atoms with Gasteiger partial charge in [0.2, 0.25) is 5.88 Å². The fraction of sp³-hybridized carbons (Fsp3) is 0.286. The van der Waals surface area contributed by atoms with Gasteiger partial charge in [-0.05, 0) is 62.7 Å². The predicted molar refractivity (Wildman–Crippen MR) is 112 cm³/mol. The standard InChI is InChI=1S/C21H21F3N4O5/c1-12(2)32-19(30)26-17-10-14(8-9-25-17)11-27-13(3)18(29)28(20(27)31)15-4-6-16(7-5-15)33-21(22,23)24/h4-10,12,29H,11H2,1-3H3,(H,25,26,30). The zero-order valence-corrected chi connectivity index (χ0v) is 17.9. The zero-order chi connectivity index (χ0) is 24.3. The Hall–Kier alpha value is -3.96. The Morgan fingerprint density at radius 2 is 1.88 bits per heavy atom. The summed E-state index contributed by atoms with van der Waals surface area (Å²) in [7, 11) is 0. The highest BCUT2D eigenvalue weighted by Crippen LogP contribution is 2.26. The van der Waals surface area contributed by atoms with Crippen molar-refractivity contribution < 1.29 is 32.5 Å². The van der Waals surface area contributed by atoms with Crippen LogP contribution in [0.1, 0.15) is 25.1 Å². The molecular formula is C21H21F3N4O5. The zero-order valence-electron chi connectivity index (χ0n) is 17.9. The van der Waals surface area contributed by atoms with Gasteiger partial charge in [0, 0.05) is 6.20 Å². The summed E-state index contributed by atoms with van der Waals surface area (Å²) in [5.74, 6) is -0.604. The van der Waals surface area contributed by atoms with Gasteiger partial charge in [-0.25, -0.2) is 19.1 Å². The molecular weight excluding hydrogens is 445 g/mol. The number of alkyl halides is 3. The summed E-state index contributed by atoms with van der Waals surface area (Å²) in [4.78, 5) is 28.8. The summed E-state index contributed by atoms with van der Waals surface area (Å²) in [6.07, 6.45) is -4.39. The molecule has 1 aromatic carbocycles. The Morgan fingerprint density at radius 1 is 1.21 bits per heavy atom. The fourth-order valence-electron chi connectivity index (χ4n) is 3.02. The number of imidazole rings is 1. The van der Waals surface area contributed by atoms with Gasteiger partial charge in [0.15, 0.2) is 0 Å².